The van der Waals surface area contributed by atoms with Crippen LogP contribution >= 0.6 is 0 Å². The Morgan fingerprint density at radius 1 is 1.05 bits per heavy atom. The number of carbonyl (C=O) groups is 1. The van der Waals surface area contributed by atoms with E-state index < -0.39 is 0 Å². The molecule has 0 spiro atoms. The molecule has 2 aromatic rings. The fourth-order valence-electron chi connectivity index (χ4n) is 2.83. The van der Waals surface area contributed by atoms with Crippen LogP contribution in [-0.2, 0) is 6.42 Å². The molecule has 0 bridgehead atoms. The zero-order chi connectivity index (χ0) is 14.7. The maximum Gasteiger partial charge on any atom is 0.193 e. The normalized spacial score (nSPS) is 14.7. The van der Waals surface area contributed by atoms with Crippen molar-refractivity contribution in [3.63, 3.8) is 0 Å². The van der Waals surface area contributed by atoms with Gasteiger partial charge in [-0.3, -0.25) is 4.79 Å². The van der Waals surface area contributed by atoms with E-state index in [0.29, 0.717) is 12.5 Å². The highest BCUT2D eigenvalue weighted by atomic mass is 16.1. The lowest BCUT2D eigenvalue weighted by molar-refractivity contribution is 0.103. The first-order valence-corrected chi connectivity index (χ1v) is 7.71. The van der Waals surface area contributed by atoms with E-state index in [-0.39, 0.29) is 5.78 Å². The summed E-state index contributed by atoms with van der Waals surface area (Å²) < 4.78 is 0. The van der Waals surface area contributed by atoms with Gasteiger partial charge < -0.3 is 5.73 Å². The molecule has 0 saturated heterocycles. The third-order valence-corrected chi connectivity index (χ3v) is 4.37. The van der Waals surface area contributed by atoms with Crippen molar-refractivity contribution in [1.29, 1.82) is 0 Å². The number of nitrogens with two attached hydrogens (primary N) is 1. The summed E-state index contributed by atoms with van der Waals surface area (Å²) >= 11 is 0. The smallest absolute Gasteiger partial charge is 0.193 e. The molecule has 1 aliphatic rings. The van der Waals surface area contributed by atoms with E-state index in [1.54, 1.807) is 0 Å². The predicted octanol–water partition coefficient (Wildman–Crippen LogP) is 3.69. The van der Waals surface area contributed by atoms with E-state index in [4.69, 9.17) is 5.73 Å². The maximum absolute atomic E-state index is 12.6. The Kier molecular flexibility index (Phi) is 4.16. The van der Waals surface area contributed by atoms with Crippen LogP contribution in [0.15, 0.2) is 48.5 Å². The molecule has 0 atom stereocenters. The minimum absolute atomic E-state index is 0.107. The van der Waals surface area contributed by atoms with Crippen molar-refractivity contribution in [2.45, 2.75) is 31.6 Å². The lowest BCUT2D eigenvalue weighted by Crippen LogP contribution is -2.10. The topological polar surface area (TPSA) is 43.1 Å². The summed E-state index contributed by atoms with van der Waals surface area (Å²) in [7, 11) is 0. The van der Waals surface area contributed by atoms with E-state index in [2.05, 4.69) is 12.1 Å². The van der Waals surface area contributed by atoms with Crippen LogP contribution in [0.25, 0.3) is 0 Å². The molecule has 108 valence electrons. The monoisotopic (exact) mass is 279 g/mol. The highest BCUT2D eigenvalue weighted by Crippen LogP contribution is 2.36. The lowest BCUT2D eigenvalue weighted by Gasteiger charge is -2.26. The summed E-state index contributed by atoms with van der Waals surface area (Å²) in [5, 5.41) is 0. The molecule has 0 amide bonds. The molecule has 0 radical (unpaired) electrons. The minimum atomic E-state index is 0.107. The van der Waals surface area contributed by atoms with Crippen LogP contribution < -0.4 is 5.73 Å². The summed E-state index contributed by atoms with van der Waals surface area (Å²) in [6.07, 6.45) is 4.67. The van der Waals surface area contributed by atoms with Gasteiger partial charge in [-0.1, -0.05) is 48.9 Å². The van der Waals surface area contributed by atoms with Crippen LogP contribution in [0.2, 0.25) is 0 Å². The van der Waals surface area contributed by atoms with Gasteiger partial charge in [-0.05, 0) is 48.9 Å². The third kappa shape index (κ3) is 3.06. The van der Waals surface area contributed by atoms with Gasteiger partial charge >= 0.3 is 0 Å². The Bertz CT molecular complexity index is 626. The molecule has 1 saturated carbocycles. The number of hydrogen-bond donors (Lipinski definition) is 1. The molecule has 1 fully saturated rings. The largest absolute Gasteiger partial charge is 0.330 e. The lowest BCUT2D eigenvalue weighted by atomic mass is 9.79. The van der Waals surface area contributed by atoms with Gasteiger partial charge in [-0.25, -0.2) is 0 Å². The van der Waals surface area contributed by atoms with Crippen LogP contribution in [-0.4, -0.2) is 12.3 Å². The second-order valence-corrected chi connectivity index (χ2v) is 5.82. The highest BCUT2D eigenvalue weighted by molar-refractivity contribution is 6.09. The number of carbonyl (C=O) groups excluding carboxylic acids is 1. The first-order chi connectivity index (χ1) is 10.3. The first-order valence-electron chi connectivity index (χ1n) is 7.71. The van der Waals surface area contributed by atoms with E-state index in [9.17, 15) is 4.79 Å². The molecular formula is C19H21NO. The third-order valence-electron chi connectivity index (χ3n) is 4.37. The van der Waals surface area contributed by atoms with Gasteiger partial charge in [0.2, 0.25) is 0 Å². The van der Waals surface area contributed by atoms with Gasteiger partial charge in [0, 0.05) is 11.1 Å². The Balaban J connectivity index is 1.80. The molecular weight excluding hydrogens is 258 g/mol. The molecule has 2 N–H and O–H groups in total. The van der Waals surface area contributed by atoms with Crippen molar-refractivity contribution in [1.82, 2.24) is 0 Å². The average molecular weight is 279 g/mol. The van der Waals surface area contributed by atoms with Gasteiger partial charge in [0.15, 0.2) is 5.78 Å². The van der Waals surface area contributed by atoms with Crippen LogP contribution in [0, 0.1) is 0 Å². The second-order valence-electron chi connectivity index (χ2n) is 5.82. The Morgan fingerprint density at radius 3 is 2.43 bits per heavy atom. The van der Waals surface area contributed by atoms with Crippen LogP contribution in [0.4, 0.5) is 0 Å². The SMILES string of the molecule is NCCc1ccc(C(=O)c2cccc(C3CCC3)c2)cc1. The zero-order valence-electron chi connectivity index (χ0n) is 12.2. The molecule has 0 aliphatic heterocycles. The van der Waals surface area contributed by atoms with Crippen molar-refractivity contribution in [3.8, 4) is 0 Å². The minimum Gasteiger partial charge on any atom is -0.330 e. The number of rotatable bonds is 5. The number of hydrogen-bond acceptors (Lipinski definition) is 2. The first kappa shape index (κ1) is 14.0. The zero-order valence-corrected chi connectivity index (χ0v) is 12.2. The van der Waals surface area contributed by atoms with Gasteiger partial charge in [0.1, 0.15) is 0 Å². The molecule has 21 heavy (non-hydrogen) atoms. The van der Waals surface area contributed by atoms with E-state index >= 15 is 0 Å². The second kappa shape index (κ2) is 6.23. The molecule has 0 aromatic heterocycles. The summed E-state index contributed by atoms with van der Waals surface area (Å²) in [5.41, 5.74) is 9.58. The standard InChI is InChI=1S/C19H21NO/c20-12-11-14-7-9-16(10-8-14)19(21)18-6-2-5-17(13-18)15-3-1-4-15/h2,5-10,13,15H,1,3-4,11-12,20H2. The fourth-order valence-corrected chi connectivity index (χ4v) is 2.83. The van der Waals surface area contributed by atoms with Crippen molar-refractivity contribution in [2.75, 3.05) is 6.54 Å². The van der Waals surface area contributed by atoms with E-state index in [0.717, 1.165) is 17.5 Å². The average Bonchev–Trinajstić information content (AvgIpc) is 2.46. The highest BCUT2D eigenvalue weighted by Gasteiger charge is 2.20. The molecule has 2 aromatic carbocycles. The summed E-state index contributed by atoms with van der Waals surface area (Å²) in [6, 6.07) is 15.9. The molecule has 3 rings (SSSR count). The van der Waals surface area contributed by atoms with Crippen LogP contribution in [0.1, 0.15) is 52.2 Å². The van der Waals surface area contributed by atoms with Crippen LogP contribution in [0.5, 0.6) is 0 Å². The van der Waals surface area contributed by atoms with Crippen molar-refractivity contribution in [2.24, 2.45) is 5.73 Å². The van der Waals surface area contributed by atoms with Gasteiger partial charge in [0.25, 0.3) is 0 Å². The van der Waals surface area contributed by atoms with Crippen molar-refractivity contribution >= 4 is 5.78 Å². The molecule has 0 heterocycles. The summed E-state index contributed by atoms with van der Waals surface area (Å²) in [5.74, 6) is 0.764. The van der Waals surface area contributed by atoms with Gasteiger partial charge in [0.05, 0.1) is 0 Å². The van der Waals surface area contributed by atoms with Gasteiger partial charge in [-0.2, -0.15) is 0 Å². The Labute approximate surface area is 126 Å². The van der Waals surface area contributed by atoms with E-state index in [1.165, 1.54) is 30.4 Å². The molecule has 2 heteroatoms. The molecule has 1 aliphatic carbocycles. The van der Waals surface area contributed by atoms with Crippen molar-refractivity contribution in [3.05, 3.63) is 70.8 Å². The van der Waals surface area contributed by atoms with E-state index in [1.807, 2.05) is 36.4 Å². The summed E-state index contributed by atoms with van der Waals surface area (Å²) in [4.78, 5) is 12.6. The Morgan fingerprint density at radius 2 is 1.81 bits per heavy atom. The maximum atomic E-state index is 12.6. The predicted molar refractivity (Wildman–Crippen MR) is 85.7 cm³/mol. The van der Waals surface area contributed by atoms with Crippen LogP contribution in [0.3, 0.4) is 0 Å². The molecule has 2 nitrogen and oxygen atoms in total. The number of benzene rings is 2. The molecule has 0 unspecified atom stereocenters. The Hall–Kier alpha value is -1.93. The number of ketones is 1. The fraction of sp³-hybridized carbons (Fsp3) is 0.316. The van der Waals surface area contributed by atoms with Gasteiger partial charge in [-0.15, -0.1) is 0 Å². The quantitative estimate of drug-likeness (QED) is 0.848. The van der Waals surface area contributed by atoms with Crippen molar-refractivity contribution < 1.29 is 4.79 Å². The summed E-state index contributed by atoms with van der Waals surface area (Å²) in [6.45, 7) is 0.636.